The molecule has 0 bridgehead atoms. The summed E-state index contributed by atoms with van der Waals surface area (Å²) in [5.74, 6) is 0. The van der Waals surface area contributed by atoms with Gasteiger partial charge in [-0.25, -0.2) is 4.68 Å². The second-order valence-corrected chi connectivity index (χ2v) is 5.06. The summed E-state index contributed by atoms with van der Waals surface area (Å²) in [7, 11) is 1.83. The molecule has 2 heterocycles. The van der Waals surface area contributed by atoms with Gasteiger partial charge >= 0.3 is 0 Å². The van der Waals surface area contributed by atoms with Gasteiger partial charge in [0, 0.05) is 19.8 Å². The van der Waals surface area contributed by atoms with E-state index in [4.69, 9.17) is 11.6 Å². The van der Waals surface area contributed by atoms with E-state index in [-0.39, 0.29) is 10.6 Å². The van der Waals surface area contributed by atoms with Crippen molar-refractivity contribution in [2.75, 3.05) is 5.32 Å². The van der Waals surface area contributed by atoms with Crippen molar-refractivity contribution in [1.82, 2.24) is 19.6 Å². The number of halogens is 1. The maximum atomic E-state index is 12.1. The lowest BCUT2D eigenvalue weighted by atomic mass is 10.3. The van der Waals surface area contributed by atoms with Crippen molar-refractivity contribution in [2.45, 2.75) is 33.2 Å². The number of aryl methyl sites for hydroxylation is 3. The van der Waals surface area contributed by atoms with Crippen molar-refractivity contribution in [2.24, 2.45) is 7.05 Å². The molecule has 0 atom stereocenters. The number of aromatic nitrogens is 4. The zero-order chi connectivity index (χ0) is 14.7. The van der Waals surface area contributed by atoms with Crippen LogP contribution < -0.4 is 10.9 Å². The Balaban J connectivity index is 2.28. The van der Waals surface area contributed by atoms with Gasteiger partial charge < -0.3 is 5.32 Å². The largest absolute Gasteiger partial charge is 0.350 e. The average Bonchev–Trinajstić information content (AvgIpc) is 2.72. The van der Waals surface area contributed by atoms with E-state index in [1.165, 1.54) is 4.68 Å². The maximum absolute atomic E-state index is 12.1. The average molecular weight is 296 g/mol. The van der Waals surface area contributed by atoms with E-state index in [2.05, 4.69) is 22.4 Å². The highest BCUT2D eigenvalue weighted by Gasteiger charge is 2.11. The second kappa shape index (κ2) is 6.09. The van der Waals surface area contributed by atoms with Crippen molar-refractivity contribution in [3.63, 3.8) is 0 Å². The number of hydrogen-bond donors (Lipinski definition) is 1. The van der Waals surface area contributed by atoms with E-state index in [1.54, 1.807) is 10.9 Å². The van der Waals surface area contributed by atoms with Crippen LogP contribution in [0.1, 0.15) is 25.5 Å². The molecule has 0 aromatic carbocycles. The summed E-state index contributed by atoms with van der Waals surface area (Å²) in [4.78, 5) is 12.1. The molecule has 2 rings (SSSR count). The molecule has 1 N–H and O–H groups in total. The van der Waals surface area contributed by atoms with Crippen LogP contribution in [0.5, 0.6) is 0 Å². The lowest BCUT2D eigenvalue weighted by Crippen LogP contribution is -2.24. The Morgan fingerprint density at radius 2 is 2.15 bits per heavy atom. The fourth-order valence-electron chi connectivity index (χ4n) is 1.89. The molecule has 0 fully saturated rings. The molecule has 2 aromatic heterocycles. The van der Waals surface area contributed by atoms with Crippen LogP contribution in [0.15, 0.2) is 17.2 Å². The standard InChI is InChI=1S/C13H18ClN5O/c1-4-5-6-19-13(20)12(14)10(7-15-19)16-11-8-18(3)17-9(11)2/h7-8,16H,4-6H2,1-3H3. The normalized spacial score (nSPS) is 10.8. The number of nitrogens with one attached hydrogen (secondary N) is 1. The van der Waals surface area contributed by atoms with Gasteiger partial charge in [0.25, 0.3) is 5.56 Å². The summed E-state index contributed by atoms with van der Waals surface area (Å²) < 4.78 is 3.09. The Labute approximate surface area is 122 Å². The van der Waals surface area contributed by atoms with Crippen molar-refractivity contribution < 1.29 is 0 Å². The summed E-state index contributed by atoms with van der Waals surface area (Å²) in [5.41, 5.74) is 1.87. The fourth-order valence-corrected chi connectivity index (χ4v) is 2.08. The van der Waals surface area contributed by atoms with Gasteiger partial charge in [-0.15, -0.1) is 0 Å². The van der Waals surface area contributed by atoms with Crippen LogP contribution in [-0.2, 0) is 13.6 Å². The first-order valence-corrected chi connectivity index (χ1v) is 6.93. The Morgan fingerprint density at radius 3 is 2.75 bits per heavy atom. The van der Waals surface area contributed by atoms with Gasteiger partial charge in [0.05, 0.1) is 23.3 Å². The molecule has 0 aliphatic rings. The number of nitrogens with zero attached hydrogens (tertiary/aromatic N) is 4. The maximum Gasteiger partial charge on any atom is 0.287 e. The fraction of sp³-hybridized carbons (Fsp3) is 0.462. The van der Waals surface area contributed by atoms with Crippen LogP contribution in [0.2, 0.25) is 5.02 Å². The second-order valence-electron chi connectivity index (χ2n) is 4.68. The van der Waals surface area contributed by atoms with E-state index in [9.17, 15) is 4.79 Å². The van der Waals surface area contributed by atoms with Crippen LogP contribution >= 0.6 is 11.6 Å². The topological polar surface area (TPSA) is 64.7 Å². The quantitative estimate of drug-likeness (QED) is 0.920. The van der Waals surface area contributed by atoms with Gasteiger partial charge in [-0.3, -0.25) is 9.48 Å². The molecule has 7 heteroatoms. The first-order valence-electron chi connectivity index (χ1n) is 6.55. The predicted molar refractivity (Wildman–Crippen MR) is 79.6 cm³/mol. The van der Waals surface area contributed by atoms with E-state index < -0.39 is 0 Å². The van der Waals surface area contributed by atoms with E-state index in [0.29, 0.717) is 12.2 Å². The molecule has 0 saturated heterocycles. The van der Waals surface area contributed by atoms with Gasteiger partial charge in [0.1, 0.15) is 5.02 Å². The first kappa shape index (κ1) is 14.6. The Kier molecular flexibility index (Phi) is 4.44. The molecule has 0 unspecified atom stereocenters. The summed E-state index contributed by atoms with van der Waals surface area (Å²) in [5, 5.41) is 11.6. The molecular formula is C13H18ClN5O. The zero-order valence-electron chi connectivity index (χ0n) is 11.9. The monoisotopic (exact) mass is 295 g/mol. The molecule has 0 aliphatic carbocycles. The SMILES string of the molecule is CCCCn1ncc(Nc2cn(C)nc2C)c(Cl)c1=O. The number of anilines is 2. The van der Waals surface area contributed by atoms with Crippen LogP contribution in [0.4, 0.5) is 11.4 Å². The van der Waals surface area contributed by atoms with Crippen LogP contribution in [0.25, 0.3) is 0 Å². The third-order valence-corrected chi connectivity index (χ3v) is 3.36. The van der Waals surface area contributed by atoms with E-state index in [1.807, 2.05) is 20.2 Å². The third-order valence-electron chi connectivity index (χ3n) is 2.99. The van der Waals surface area contributed by atoms with Gasteiger partial charge in [0.15, 0.2) is 0 Å². The van der Waals surface area contributed by atoms with Crippen molar-refractivity contribution >= 4 is 23.0 Å². The summed E-state index contributed by atoms with van der Waals surface area (Å²) >= 11 is 6.12. The zero-order valence-corrected chi connectivity index (χ0v) is 12.6. The molecule has 0 radical (unpaired) electrons. The Bertz CT molecular complexity index is 661. The Hall–Kier alpha value is -1.82. The van der Waals surface area contributed by atoms with Gasteiger partial charge in [-0.1, -0.05) is 24.9 Å². The Morgan fingerprint density at radius 1 is 1.40 bits per heavy atom. The molecule has 0 spiro atoms. The minimum absolute atomic E-state index is 0.152. The third kappa shape index (κ3) is 3.01. The van der Waals surface area contributed by atoms with Crippen LogP contribution in [0.3, 0.4) is 0 Å². The van der Waals surface area contributed by atoms with Gasteiger partial charge in [-0.2, -0.15) is 10.2 Å². The lowest BCUT2D eigenvalue weighted by Gasteiger charge is -2.09. The molecular weight excluding hydrogens is 278 g/mol. The first-order chi connectivity index (χ1) is 9.52. The predicted octanol–water partition coefficient (Wildman–Crippen LogP) is 2.48. The molecule has 2 aromatic rings. The van der Waals surface area contributed by atoms with Crippen LogP contribution in [-0.4, -0.2) is 19.6 Å². The molecule has 0 amide bonds. The van der Waals surface area contributed by atoms with Gasteiger partial charge in [-0.05, 0) is 13.3 Å². The number of hydrogen-bond acceptors (Lipinski definition) is 4. The summed E-state index contributed by atoms with van der Waals surface area (Å²) in [6.07, 6.45) is 5.30. The van der Waals surface area contributed by atoms with Crippen molar-refractivity contribution in [1.29, 1.82) is 0 Å². The number of rotatable bonds is 5. The molecule has 108 valence electrons. The summed E-state index contributed by atoms with van der Waals surface area (Å²) in [6, 6.07) is 0. The highest BCUT2D eigenvalue weighted by molar-refractivity contribution is 6.33. The minimum Gasteiger partial charge on any atom is -0.350 e. The molecule has 0 aliphatic heterocycles. The van der Waals surface area contributed by atoms with Gasteiger partial charge in [0.2, 0.25) is 0 Å². The minimum atomic E-state index is -0.272. The van der Waals surface area contributed by atoms with Crippen LogP contribution in [0, 0.1) is 6.92 Å². The van der Waals surface area contributed by atoms with Crippen molar-refractivity contribution in [3.8, 4) is 0 Å². The van der Waals surface area contributed by atoms with Crippen molar-refractivity contribution in [3.05, 3.63) is 33.5 Å². The highest BCUT2D eigenvalue weighted by atomic mass is 35.5. The lowest BCUT2D eigenvalue weighted by molar-refractivity contribution is 0.543. The molecule has 20 heavy (non-hydrogen) atoms. The smallest absolute Gasteiger partial charge is 0.287 e. The van der Waals surface area contributed by atoms with E-state index >= 15 is 0 Å². The highest BCUT2D eigenvalue weighted by Crippen LogP contribution is 2.22. The summed E-state index contributed by atoms with van der Waals surface area (Å²) in [6.45, 7) is 4.53. The molecule has 6 nitrogen and oxygen atoms in total. The van der Waals surface area contributed by atoms with E-state index in [0.717, 1.165) is 24.2 Å². The molecule has 0 saturated carbocycles. The number of unbranched alkanes of at least 4 members (excludes halogenated alkanes) is 1.